The Balaban J connectivity index is 2.56. The third kappa shape index (κ3) is 1.72. The predicted octanol–water partition coefficient (Wildman–Crippen LogP) is 1.65. The lowest BCUT2D eigenvalue weighted by Crippen LogP contribution is -2.03. The second kappa shape index (κ2) is 4.06. The van der Waals surface area contributed by atoms with Gasteiger partial charge in [-0.05, 0) is 38.5 Å². The van der Waals surface area contributed by atoms with E-state index in [4.69, 9.17) is 5.73 Å². The maximum absolute atomic E-state index is 5.70. The van der Waals surface area contributed by atoms with Crippen LogP contribution in [0.3, 0.4) is 0 Å². The maximum Gasteiger partial charge on any atom is 0.153 e. The molecular formula is C12H16N4. The molecule has 0 radical (unpaired) electrons. The van der Waals surface area contributed by atoms with Crippen LogP contribution < -0.4 is 5.73 Å². The Labute approximate surface area is 95.1 Å². The molecule has 0 saturated heterocycles. The highest BCUT2D eigenvalue weighted by molar-refractivity contribution is 5.33. The van der Waals surface area contributed by atoms with Gasteiger partial charge in [-0.15, -0.1) is 0 Å². The van der Waals surface area contributed by atoms with Gasteiger partial charge in [0.2, 0.25) is 0 Å². The zero-order valence-corrected chi connectivity index (χ0v) is 9.86. The number of hydrogen-bond acceptors (Lipinski definition) is 3. The lowest BCUT2D eigenvalue weighted by atomic mass is 10.2. The van der Waals surface area contributed by atoms with Crippen LogP contribution in [-0.2, 0) is 6.54 Å². The average Bonchev–Trinajstić information content (AvgIpc) is 2.54. The molecule has 84 valence electrons. The van der Waals surface area contributed by atoms with Crippen LogP contribution in [0, 0.1) is 20.8 Å². The first-order chi connectivity index (χ1) is 7.63. The van der Waals surface area contributed by atoms with Gasteiger partial charge in [0.05, 0.1) is 5.69 Å². The first kappa shape index (κ1) is 10.8. The third-order valence-corrected chi connectivity index (χ3v) is 2.76. The molecule has 0 saturated carbocycles. The van der Waals surface area contributed by atoms with Gasteiger partial charge < -0.3 is 5.73 Å². The van der Waals surface area contributed by atoms with Crippen LogP contribution in [0.25, 0.3) is 5.82 Å². The summed E-state index contributed by atoms with van der Waals surface area (Å²) in [4.78, 5) is 4.32. The molecule has 2 N–H and O–H groups in total. The van der Waals surface area contributed by atoms with Crippen molar-refractivity contribution in [3.63, 3.8) is 0 Å². The Hall–Kier alpha value is -1.68. The van der Waals surface area contributed by atoms with Gasteiger partial charge in [-0.3, -0.25) is 0 Å². The zero-order valence-electron chi connectivity index (χ0n) is 9.86. The quantitative estimate of drug-likeness (QED) is 0.830. The molecule has 0 bridgehead atoms. The summed E-state index contributed by atoms with van der Waals surface area (Å²) < 4.78 is 1.85. The number of pyridine rings is 1. The Bertz CT molecular complexity index is 514. The molecule has 4 heteroatoms. The molecule has 2 heterocycles. The van der Waals surface area contributed by atoms with E-state index in [-0.39, 0.29) is 0 Å². The Morgan fingerprint density at radius 1 is 1.31 bits per heavy atom. The molecule has 0 atom stereocenters. The third-order valence-electron chi connectivity index (χ3n) is 2.76. The van der Waals surface area contributed by atoms with Gasteiger partial charge in [-0.2, -0.15) is 5.10 Å². The fraction of sp³-hybridized carbons (Fsp3) is 0.333. The van der Waals surface area contributed by atoms with Crippen molar-refractivity contribution in [2.24, 2.45) is 5.73 Å². The van der Waals surface area contributed by atoms with Crippen molar-refractivity contribution in [2.75, 3.05) is 0 Å². The van der Waals surface area contributed by atoms with E-state index in [0.29, 0.717) is 6.54 Å². The molecule has 4 nitrogen and oxygen atoms in total. The van der Waals surface area contributed by atoms with Crippen LogP contribution >= 0.6 is 0 Å². The minimum Gasteiger partial charge on any atom is -0.326 e. The van der Waals surface area contributed by atoms with E-state index < -0.39 is 0 Å². The molecule has 0 aliphatic rings. The molecule has 0 unspecified atom stereocenters. The topological polar surface area (TPSA) is 56.7 Å². The van der Waals surface area contributed by atoms with Gasteiger partial charge in [0.25, 0.3) is 0 Å². The number of aromatic nitrogens is 3. The SMILES string of the molecule is Cc1ccnc(-n2nc(C)c(CN)c2C)c1. The summed E-state index contributed by atoms with van der Waals surface area (Å²) in [5, 5.41) is 4.47. The van der Waals surface area contributed by atoms with E-state index in [1.165, 1.54) is 5.56 Å². The van der Waals surface area contributed by atoms with Crippen LogP contribution in [0.2, 0.25) is 0 Å². The summed E-state index contributed by atoms with van der Waals surface area (Å²) in [6, 6.07) is 3.98. The minimum atomic E-state index is 0.517. The molecule has 0 aliphatic heterocycles. The molecule has 0 fully saturated rings. The van der Waals surface area contributed by atoms with Crippen LogP contribution in [0.5, 0.6) is 0 Å². The first-order valence-electron chi connectivity index (χ1n) is 5.31. The second-order valence-corrected chi connectivity index (χ2v) is 3.96. The van der Waals surface area contributed by atoms with Gasteiger partial charge >= 0.3 is 0 Å². The first-order valence-corrected chi connectivity index (χ1v) is 5.31. The van der Waals surface area contributed by atoms with E-state index >= 15 is 0 Å². The van der Waals surface area contributed by atoms with Crippen LogP contribution in [-0.4, -0.2) is 14.8 Å². The second-order valence-electron chi connectivity index (χ2n) is 3.96. The number of aryl methyl sites for hydroxylation is 2. The van der Waals surface area contributed by atoms with Gasteiger partial charge in [0.15, 0.2) is 5.82 Å². The van der Waals surface area contributed by atoms with Gasteiger partial charge in [0.1, 0.15) is 0 Å². The van der Waals surface area contributed by atoms with E-state index in [9.17, 15) is 0 Å². The molecule has 0 spiro atoms. The van der Waals surface area contributed by atoms with Crippen LogP contribution in [0.1, 0.15) is 22.5 Å². The number of nitrogens with zero attached hydrogens (tertiary/aromatic N) is 3. The molecular weight excluding hydrogens is 200 g/mol. The Morgan fingerprint density at radius 3 is 2.62 bits per heavy atom. The largest absolute Gasteiger partial charge is 0.326 e. The summed E-state index contributed by atoms with van der Waals surface area (Å²) in [6.45, 7) is 6.55. The summed E-state index contributed by atoms with van der Waals surface area (Å²) in [5.74, 6) is 0.848. The van der Waals surface area contributed by atoms with Crippen molar-refractivity contribution < 1.29 is 0 Å². The monoisotopic (exact) mass is 216 g/mol. The molecule has 2 rings (SSSR count). The molecule has 2 aromatic heterocycles. The van der Waals surface area contributed by atoms with Crippen molar-refractivity contribution >= 4 is 0 Å². The van der Waals surface area contributed by atoms with Crippen LogP contribution in [0.15, 0.2) is 18.3 Å². The summed E-state index contributed by atoms with van der Waals surface area (Å²) in [5.41, 5.74) is 10.0. The smallest absolute Gasteiger partial charge is 0.153 e. The highest BCUT2D eigenvalue weighted by Crippen LogP contribution is 2.16. The fourth-order valence-corrected chi connectivity index (χ4v) is 1.83. The standard InChI is InChI=1S/C12H16N4/c1-8-4-5-14-12(6-8)16-10(3)11(7-13)9(2)15-16/h4-6H,7,13H2,1-3H3. The normalized spacial score (nSPS) is 10.8. The number of rotatable bonds is 2. The number of hydrogen-bond donors (Lipinski definition) is 1. The van der Waals surface area contributed by atoms with E-state index in [2.05, 4.69) is 10.1 Å². The molecule has 0 aromatic carbocycles. The van der Waals surface area contributed by atoms with Crippen LogP contribution in [0.4, 0.5) is 0 Å². The van der Waals surface area contributed by atoms with Crippen molar-refractivity contribution in [1.82, 2.24) is 14.8 Å². The minimum absolute atomic E-state index is 0.517. The maximum atomic E-state index is 5.70. The summed E-state index contributed by atoms with van der Waals surface area (Å²) in [7, 11) is 0. The molecule has 2 aromatic rings. The average molecular weight is 216 g/mol. The Morgan fingerprint density at radius 2 is 2.06 bits per heavy atom. The Kier molecular flexibility index (Phi) is 2.75. The van der Waals surface area contributed by atoms with Gasteiger partial charge in [0, 0.05) is 24.0 Å². The molecule has 0 amide bonds. The highest BCUT2D eigenvalue weighted by atomic mass is 15.3. The summed E-state index contributed by atoms with van der Waals surface area (Å²) in [6.07, 6.45) is 1.79. The van der Waals surface area contributed by atoms with Gasteiger partial charge in [-0.25, -0.2) is 9.67 Å². The predicted molar refractivity (Wildman–Crippen MR) is 63.5 cm³/mol. The van der Waals surface area contributed by atoms with Crippen molar-refractivity contribution in [3.05, 3.63) is 40.8 Å². The van der Waals surface area contributed by atoms with Crippen molar-refractivity contribution in [2.45, 2.75) is 27.3 Å². The van der Waals surface area contributed by atoms with Gasteiger partial charge in [-0.1, -0.05) is 0 Å². The van der Waals surface area contributed by atoms with Crippen molar-refractivity contribution in [1.29, 1.82) is 0 Å². The molecule has 16 heavy (non-hydrogen) atoms. The van der Waals surface area contributed by atoms with E-state index in [0.717, 1.165) is 22.8 Å². The molecule has 0 aliphatic carbocycles. The van der Waals surface area contributed by atoms with Crippen molar-refractivity contribution in [3.8, 4) is 5.82 Å². The lowest BCUT2D eigenvalue weighted by Gasteiger charge is -2.04. The fourth-order valence-electron chi connectivity index (χ4n) is 1.83. The lowest BCUT2D eigenvalue weighted by molar-refractivity contribution is 0.803. The number of nitrogens with two attached hydrogens (primary N) is 1. The summed E-state index contributed by atoms with van der Waals surface area (Å²) >= 11 is 0. The van der Waals surface area contributed by atoms with E-state index in [1.54, 1.807) is 6.20 Å². The van der Waals surface area contributed by atoms with E-state index in [1.807, 2.05) is 37.6 Å². The highest BCUT2D eigenvalue weighted by Gasteiger charge is 2.11. The zero-order chi connectivity index (χ0) is 11.7.